The van der Waals surface area contributed by atoms with Crippen molar-refractivity contribution in [1.82, 2.24) is 10.3 Å². The number of aromatic nitrogens is 1. The Morgan fingerprint density at radius 3 is 2.82 bits per heavy atom. The van der Waals surface area contributed by atoms with Crippen LogP contribution < -0.4 is 10.6 Å². The number of nitrogens with zero attached hydrogens (tertiary/aromatic N) is 1. The molecule has 1 aromatic heterocycles. The zero-order valence-electron chi connectivity index (χ0n) is 12.6. The number of carbonyl (C=O) groups is 1. The number of pyridine rings is 1. The van der Waals surface area contributed by atoms with E-state index < -0.39 is 0 Å². The van der Waals surface area contributed by atoms with Gasteiger partial charge < -0.3 is 10.6 Å². The monoisotopic (exact) mass is 301 g/mol. The van der Waals surface area contributed by atoms with Crippen molar-refractivity contribution < 1.29 is 9.18 Å². The molecule has 0 spiro atoms. The Balaban J connectivity index is 1.88. The number of halogens is 1. The van der Waals surface area contributed by atoms with Crippen molar-refractivity contribution >= 4 is 11.6 Å². The molecule has 2 N–H and O–H groups in total. The fourth-order valence-electron chi connectivity index (χ4n) is 2.04. The molecule has 2 aromatic rings. The van der Waals surface area contributed by atoms with Crippen molar-refractivity contribution in [2.24, 2.45) is 0 Å². The predicted octanol–water partition coefficient (Wildman–Crippen LogP) is 3.02. The third-order valence-corrected chi connectivity index (χ3v) is 3.22. The Morgan fingerprint density at radius 1 is 1.23 bits per heavy atom. The van der Waals surface area contributed by atoms with Gasteiger partial charge in [-0.3, -0.25) is 9.78 Å². The molecule has 4 nitrogen and oxygen atoms in total. The lowest BCUT2D eigenvalue weighted by Crippen LogP contribution is -2.26. The van der Waals surface area contributed by atoms with E-state index in [1.54, 1.807) is 30.5 Å². The lowest BCUT2D eigenvalue weighted by molar-refractivity contribution is 0.0953. The van der Waals surface area contributed by atoms with Crippen LogP contribution in [-0.2, 0) is 6.42 Å². The van der Waals surface area contributed by atoms with Gasteiger partial charge >= 0.3 is 0 Å². The van der Waals surface area contributed by atoms with Crippen LogP contribution in [0.5, 0.6) is 0 Å². The quantitative estimate of drug-likeness (QED) is 0.826. The van der Waals surface area contributed by atoms with Crippen LogP contribution in [0.3, 0.4) is 0 Å². The van der Waals surface area contributed by atoms with Crippen molar-refractivity contribution in [1.29, 1.82) is 0 Å². The van der Waals surface area contributed by atoms with Crippen LogP contribution in [0, 0.1) is 5.82 Å². The molecule has 2 rings (SSSR count). The van der Waals surface area contributed by atoms with Gasteiger partial charge in [-0.25, -0.2) is 4.39 Å². The van der Waals surface area contributed by atoms with Crippen LogP contribution in [0.15, 0.2) is 42.7 Å². The summed E-state index contributed by atoms with van der Waals surface area (Å²) in [6.07, 6.45) is 4.67. The zero-order chi connectivity index (χ0) is 15.8. The molecule has 22 heavy (non-hydrogen) atoms. The lowest BCUT2D eigenvalue weighted by atomic mass is 10.1. The standard InChI is InChI=1S/C17H20FN3O/c1-2-8-20-15-10-14(11-19-12-15)17(22)21-9-7-13-5-3-4-6-16(13)18/h3-6,10-12,20H,2,7-9H2,1H3,(H,21,22). The third-order valence-electron chi connectivity index (χ3n) is 3.22. The van der Waals surface area contributed by atoms with Gasteiger partial charge in [0.05, 0.1) is 11.3 Å². The van der Waals surface area contributed by atoms with Gasteiger partial charge in [-0.15, -0.1) is 0 Å². The highest BCUT2D eigenvalue weighted by Crippen LogP contribution is 2.09. The molecule has 1 aromatic carbocycles. The minimum atomic E-state index is -0.246. The summed E-state index contributed by atoms with van der Waals surface area (Å²) in [7, 11) is 0. The summed E-state index contributed by atoms with van der Waals surface area (Å²) in [6, 6.07) is 8.34. The lowest BCUT2D eigenvalue weighted by Gasteiger charge is -2.08. The molecule has 1 amide bonds. The van der Waals surface area contributed by atoms with E-state index in [-0.39, 0.29) is 11.7 Å². The summed E-state index contributed by atoms with van der Waals surface area (Å²) >= 11 is 0. The molecular formula is C17H20FN3O. The van der Waals surface area contributed by atoms with Crippen molar-refractivity contribution in [3.8, 4) is 0 Å². The molecule has 0 fully saturated rings. The third kappa shape index (κ3) is 4.55. The molecule has 0 atom stereocenters. The number of hydrogen-bond acceptors (Lipinski definition) is 3. The number of amides is 1. The van der Waals surface area contributed by atoms with E-state index in [0.29, 0.717) is 24.1 Å². The average Bonchev–Trinajstić information content (AvgIpc) is 2.55. The number of carbonyl (C=O) groups excluding carboxylic acids is 1. The van der Waals surface area contributed by atoms with Crippen LogP contribution in [0.25, 0.3) is 0 Å². The Bertz CT molecular complexity index is 631. The molecule has 0 unspecified atom stereocenters. The van der Waals surface area contributed by atoms with Crippen LogP contribution in [0.2, 0.25) is 0 Å². The topological polar surface area (TPSA) is 54.0 Å². The van der Waals surface area contributed by atoms with Gasteiger partial charge in [-0.2, -0.15) is 0 Å². The second kappa shape index (κ2) is 8.12. The van der Waals surface area contributed by atoms with Crippen LogP contribution in [0.4, 0.5) is 10.1 Å². The van der Waals surface area contributed by atoms with E-state index in [2.05, 4.69) is 22.5 Å². The Hall–Kier alpha value is -2.43. The first-order valence-corrected chi connectivity index (χ1v) is 7.41. The zero-order valence-corrected chi connectivity index (χ0v) is 12.6. The normalized spacial score (nSPS) is 10.3. The fraction of sp³-hybridized carbons (Fsp3) is 0.294. The van der Waals surface area contributed by atoms with Crippen LogP contribution in [0.1, 0.15) is 29.3 Å². The van der Waals surface area contributed by atoms with Crippen LogP contribution >= 0.6 is 0 Å². The molecule has 0 aliphatic rings. The van der Waals surface area contributed by atoms with E-state index in [1.165, 1.54) is 12.3 Å². The highest BCUT2D eigenvalue weighted by Gasteiger charge is 2.07. The molecule has 0 aliphatic carbocycles. The van der Waals surface area contributed by atoms with Crippen molar-refractivity contribution in [3.05, 3.63) is 59.7 Å². The summed E-state index contributed by atoms with van der Waals surface area (Å²) < 4.78 is 13.5. The maximum Gasteiger partial charge on any atom is 0.252 e. The number of anilines is 1. The Labute approximate surface area is 129 Å². The summed E-state index contributed by atoms with van der Waals surface area (Å²) in [4.78, 5) is 16.1. The van der Waals surface area contributed by atoms with E-state index in [0.717, 1.165) is 18.7 Å². The molecule has 0 saturated heterocycles. The first-order chi connectivity index (χ1) is 10.7. The molecule has 5 heteroatoms. The van der Waals surface area contributed by atoms with Gasteiger partial charge in [-0.1, -0.05) is 25.1 Å². The Morgan fingerprint density at radius 2 is 2.05 bits per heavy atom. The van der Waals surface area contributed by atoms with Gasteiger partial charge in [0.15, 0.2) is 0 Å². The van der Waals surface area contributed by atoms with E-state index in [9.17, 15) is 9.18 Å². The fourth-order valence-corrected chi connectivity index (χ4v) is 2.04. The minimum absolute atomic E-state index is 0.205. The highest BCUT2D eigenvalue weighted by molar-refractivity contribution is 5.94. The van der Waals surface area contributed by atoms with Gasteiger partial charge in [0, 0.05) is 25.5 Å². The molecule has 0 bridgehead atoms. The maximum atomic E-state index is 13.5. The first-order valence-electron chi connectivity index (χ1n) is 7.41. The van der Waals surface area contributed by atoms with Crippen molar-refractivity contribution in [2.45, 2.75) is 19.8 Å². The van der Waals surface area contributed by atoms with Gasteiger partial charge in [0.2, 0.25) is 0 Å². The van der Waals surface area contributed by atoms with Gasteiger partial charge in [0.25, 0.3) is 5.91 Å². The molecule has 0 aliphatic heterocycles. The number of benzene rings is 1. The summed E-state index contributed by atoms with van der Waals surface area (Å²) in [5, 5.41) is 5.97. The molecule has 1 heterocycles. The summed E-state index contributed by atoms with van der Waals surface area (Å²) in [5.41, 5.74) is 1.91. The van der Waals surface area contributed by atoms with Crippen LogP contribution in [-0.4, -0.2) is 24.0 Å². The average molecular weight is 301 g/mol. The van der Waals surface area contributed by atoms with Gasteiger partial charge in [0.1, 0.15) is 5.82 Å². The van der Waals surface area contributed by atoms with Crippen molar-refractivity contribution in [3.63, 3.8) is 0 Å². The molecule has 0 saturated carbocycles. The number of rotatable bonds is 7. The predicted molar refractivity (Wildman–Crippen MR) is 85.5 cm³/mol. The second-order valence-corrected chi connectivity index (χ2v) is 4.99. The molecular weight excluding hydrogens is 281 g/mol. The molecule has 0 radical (unpaired) electrons. The smallest absolute Gasteiger partial charge is 0.252 e. The number of hydrogen-bond donors (Lipinski definition) is 2. The first kappa shape index (κ1) is 15.9. The largest absolute Gasteiger partial charge is 0.384 e. The Kier molecular flexibility index (Phi) is 5.89. The maximum absolute atomic E-state index is 13.5. The van der Waals surface area contributed by atoms with Crippen molar-refractivity contribution in [2.75, 3.05) is 18.4 Å². The van der Waals surface area contributed by atoms with E-state index in [1.807, 2.05) is 0 Å². The number of nitrogens with one attached hydrogen (secondary N) is 2. The second-order valence-electron chi connectivity index (χ2n) is 4.99. The minimum Gasteiger partial charge on any atom is -0.384 e. The highest BCUT2D eigenvalue weighted by atomic mass is 19.1. The van der Waals surface area contributed by atoms with Gasteiger partial charge in [-0.05, 0) is 30.5 Å². The van der Waals surface area contributed by atoms with E-state index in [4.69, 9.17) is 0 Å². The van der Waals surface area contributed by atoms with E-state index >= 15 is 0 Å². The molecule has 116 valence electrons. The SMILES string of the molecule is CCCNc1cncc(C(=O)NCCc2ccccc2F)c1. The summed E-state index contributed by atoms with van der Waals surface area (Å²) in [5.74, 6) is -0.451. The summed E-state index contributed by atoms with van der Waals surface area (Å²) in [6.45, 7) is 3.28.